The lowest BCUT2D eigenvalue weighted by atomic mass is 10.0. The third kappa shape index (κ3) is 3.58. The van der Waals surface area contributed by atoms with E-state index >= 15 is 0 Å². The van der Waals surface area contributed by atoms with Crippen LogP contribution < -0.4 is 4.74 Å². The molecule has 1 N–H and O–H groups in total. The number of aliphatic hydroxyl groups excluding tert-OH is 1. The van der Waals surface area contributed by atoms with Crippen molar-refractivity contribution in [1.82, 2.24) is 0 Å². The average Bonchev–Trinajstić information content (AvgIpc) is 2.45. The van der Waals surface area contributed by atoms with Crippen LogP contribution in [0.15, 0.2) is 53.0 Å². The Hall–Kier alpha value is -1.32. The van der Waals surface area contributed by atoms with E-state index in [1.54, 1.807) is 0 Å². The molecule has 0 saturated carbocycles. The quantitative estimate of drug-likeness (QED) is 0.889. The summed E-state index contributed by atoms with van der Waals surface area (Å²) in [5.41, 5.74) is 1.72. The van der Waals surface area contributed by atoms with Crippen molar-refractivity contribution >= 4 is 15.9 Å². The molecule has 2 rings (SSSR count). The zero-order chi connectivity index (χ0) is 13.7. The SMILES string of the molecule is CCCOc1ccc(C(O)c2ccccc2Br)cc1. The molecule has 0 aliphatic carbocycles. The predicted molar refractivity (Wildman–Crippen MR) is 80.4 cm³/mol. The van der Waals surface area contributed by atoms with Crippen molar-refractivity contribution in [1.29, 1.82) is 0 Å². The van der Waals surface area contributed by atoms with Crippen LogP contribution in [0.5, 0.6) is 5.75 Å². The summed E-state index contributed by atoms with van der Waals surface area (Å²) in [6, 6.07) is 15.3. The Morgan fingerprint density at radius 2 is 1.79 bits per heavy atom. The van der Waals surface area contributed by atoms with Gasteiger partial charge in [-0.1, -0.05) is 53.2 Å². The van der Waals surface area contributed by atoms with Gasteiger partial charge < -0.3 is 9.84 Å². The molecule has 0 aromatic heterocycles. The van der Waals surface area contributed by atoms with Crippen molar-refractivity contribution in [2.24, 2.45) is 0 Å². The third-order valence-electron chi connectivity index (χ3n) is 2.87. The molecular formula is C16H17BrO2. The average molecular weight is 321 g/mol. The van der Waals surface area contributed by atoms with Crippen LogP contribution in [0.25, 0.3) is 0 Å². The van der Waals surface area contributed by atoms with E-state index in [0.717, 1.165) is 27.8 Å². The van der Waals surface area contributed by atoms with Crippen LogP contribution in [0, 0.1) is 0 Å². The first-order valence-corrected chi connectivity index (χ1v) is 7.17. The van der Waals surface area contributed by atoms with Crippen LogP contribution in [-0.4, -0.2) is 11.7 Å². The van der Waals surface area contributed by atoms with Crippen molar-refractivity contribution in [2.45, 2.75) is 19.4 Å². The fraction of sp³-hybridized carbons (Fsp3) is 0.250. The van der Waals surface area contributed by atoms with E-state index in [-0.39, 0.29) is 0 Å². The van der Waals surface area contributed by atoms with E-state index in [2.05, 4.69) is 22.9 Å². The molecule has 0 spiro atoms. The molecule has 2 aromatic carbocycles. The van der Waals surface area contributed by atoms with Gasteiger partial charge in [-0.2, -0.15) is 0 Å². The molecule has 0 aliphatic heterocycles. The van der Waals surface area contributed by atoms with Crippen LogP contribution in [0.4, 0.5) is 0 Å². The first-order valence-electron chi connectivity index (χ1n) is 6.37. The van der Waals surface area contributed by atoms with Crippen LogP contribution in [0.2, 0.25) is 0 Å². The third-order valence-corrected chi connectivity index (χ3v) is 3.59. The Morgan fingerprint density at radius 3 is 2.42 bits per heavy atom. The van der Waals surface area contributed by atoms with Gasteiger partial charge in [-0.15, -0.1) is 0 Å². The summed E-state index contributed by atoms with van der Waals surface area (Å²) in [7, 11) is 0. The van der Waals surface area contributed by atoms with Crippen molar-refractivity contribution in [3.63, 3.8) is 0 Å². The number of hydrogen-bond donors (Lipinski definition) is 1. The van der Waals surface area contributed by atoms with Crippen LogP contribution in [0.1, 0.15) is 30.6 Å². The number of ether oxygens (including phenoxy) is 1. The maximum absolute atomic E-state index is 10.4. The Kier molecular flexibility index (Phi) is 5.00. The summed E-state index contributed by atoms with van der Waals surface area (Å²) in [6.45, 7) is 2.79. The van der Waals surface area contributed by atoms with Gasteiger partial charge in [-0.05, 0) is 35.7 Å². The minimum atomic E-state index is -0.629. The van der Waals surface area contributed by atoms with E-state index < -0.39 is 6.10 Å². The molecule has 100 valence electrons. The maximum Gasteiger partial charge on any atom is 0.119 e. The fourth-order valence-electron chi connectivity index (χ4n) is 1.84. The number of benzene rings is 2. The standard InChI is InChI=1S/C16H17BrO2/c1-2-11-19-13-9-7-12(8-10-13)16(18)14-5-3-4-6-15(14)17/h3-10,16,18H,2,11H2,1H3. The van der Waals surface area contributed by atoms with Gasteiger partial charge in [0.2, 0.25) is 0 Å². The van der Waals surface area contributed by atoms with E-state index in [1.165, 1.54) is 0 Å². The highest BCUT2D eigenvalue weighted by atomic mass is 79.9. The highest BCUT2D eigenvalue weighted by Crippen LogP contribution is 2.29. The first-order chi connectivity index (χ1) is 9.22. The predicted octanol–water partition coefficient (Wildman–Crippen LogP) is 4.32. The van der Waals surface area contributed by atoms with E-state index in [4.69, 9.17) is 4.74 Å². The molecule has 0 saturated heterocycles. The first kappa shape index (κ1) is 14.1. The minimum absolute atomic E-state index is 0.629. The van der Waals surface area contributed by atoms with E-state index in [0.29, 0.717) is 6.61 Å². The topological polar surface area (TPSA) is 29.5 Å². The Balaban J connectivity index is 2.16. The number of halogens is 1. The molecule has 1 atom stereocenters. The molecular weight excluding hydrogens is 304 g/mol. The molecule has 1 unspecified atom stereocenters. The van der Waals surface area contributed by atoms with Crippen molar-refractivity contribution in [3.05, 3.63) is 64.1 Å². The largest absolute Gasteiger partial charge is 0.494 e. The number of rotatable bonds is 5. The van der Waals surface area contributed by atoms with Gasteiger partial charge in [0.15, 0.2) is 0 Å². The van der Waals surface area contributed by atoms with E-state index in [9.17, 15) is 5.11 Å². The molecule has 0 radical (unpaired) electrons. The van der Waals surface area contributed by atoms with E-state index in [1.807, 2.05) is 48.5 Å². The summed E-state index contributed by atoms with van der Waals surface area (Å²) in [4.78, 5) is 0. The second-order valence-corrected chi connectivity index (χ2v) is 5.20. The molecule has 2 nitrogen and oxygen atoms in total. The van der Waals surface area contributed by atoms with Gasteiger partial charge >= 0.3 is 0 Å². The fourth-order valence-corrected chi connectivity index (χ4v) is 2.34. The Bertz CT molecular complexity index is 523. The lowest BCUT2D eigenvalue weighted by molar-refractivity contribution is 0.219. The monoisotopic (exact) mass is 320 g/mol. The van der Waals surface area contributed by atoms with Gasteiger partial charge in [0.05, 0.1) is 6.61 Å². The second kappa shape index (κ2) is 6.73. The normalized spacial score (nSPS) is 12.2. The second-order valence-electron chi connectivity index (χ2n) is 4.34. The van der Waals surface area contributed by atoms with Gasteiger partial charge in [-0.3, -0.25) is 0 Å². The number of hydrogen-bond acceptors (Lipinski definition) is 2. The summed E-state index contributed by atoms with van der Waals surface area (Å²) in [5, 5.41) is 10.4. The lowest BCUT2D eigenvalue weighted by Gasteiger charge is -2.14. The highest BCUT2D eigenvalue weighted by molar-refractivity contribution is 9.10. The molecule has 0 bridgehead atoms. The van der Waals surface area contributed by atoms with Gasteiger partial charge in [0, 0.05) is 4.47 Å². The summed E-state index contributed by atoms with van der Waals surface area (Å²) in [6.07, 6.45) is 0.359. The molecule has 0 heterocycles. The van der Waals surface area contributed by atoms with Crippen molar-refractivity contribution in [2.75, 3.05) is 6.61 Å². The summed E-state index contributed by atoms with van der Waals surface area (Å²) >= 11 is 3.46. The molecule has 0 amide bonds. The molecule has 3 heteroatoms. The molecule has 0 fully saturated rings. The summed E-state index contributed by atoms with van der Waals surface area (Å²) < 4.78 is 6.44. The lowest BCUT2D eigenvalue weighted by Crippen LogP contribution is -2.01. The number of aliphatic hydroxyl groups is 1. The van der Waals surface area contributed by atoms with Gasteiger partial charge in [-0.25, -0.2) is 0 Å². The zero-order valence-electron chi connectivity index (χ0n) is 10.8. The minimum Gasteiger partial charge on any atom is -0.494 e. The van der Waals surface area contributed by atoms with Crippen LogP contribution >= 0.6 is 15.9 Å². The van der Waals surface area contributed by atoms with Gasteiger partial charge in [0.1, 0.15) is 11.9 Å². The molecule has 19 heavy (non-hydrogen) atoms. The van der Waals surface area contributed by atoms with Crippen LogP contribution in [0.3, 0.4) is 0 Å². The van der Waals surface area contributed by atoms with Crippen molar-refractivity contribution in [3.8, 4) is 5.75 Å². The van der Waals surface area contributed by atoms with Gasteiger partial charge in [0.25, 0.3) is 0 Å². The molecule has 0 aliphatic rings. The zero-order valence-corrected chi connectivity index (χ0v) is 12.4. The maximum atomic E-state index is 10.4. The highest BCUT2D eigenvalue weighted by Gasteiger charge is 2.12. The Labute approximate surface area is 122 Å². The Morgan fingerprint density at radius 1 is 1.11 bits per heavy atom. The smallest absolute Gasteiger partial charge is 0.119 e. The van der Waals surface area contributed by atoms with Crippen molar-refractivity contribution < 1.29 is 9.84 Å². The van der Waals surface area contributed by atoms with Crippen LogP contribution in [-0.2, 0) is 0 Å². The molecule has 2 aromatic rings. The summed E-state index contributed by atoms with van der Waals surface area (Å²) in [5.74, 6) is 0.838.